The molecule has 1 unspecified atom stereocenters. The molecule has 0 aliphatic heterocycles. The first-order chi connectivity index (χ1) is 14.3. The highest BCUT2D eigenvalue weighted by molar-refractivity contribution is 7.92. The topological polar surface area (TPSA) is 97.4 Å². The normalized spacial score (nSPS) is 13.1. The van der Waals surface area contributed by atoms with Gasteiger partial charge in [0.25, 0.3) is 0 Å². The van der Waals surface area contributed by atoms with E-state index < -0.39 is 22.0 Å². The van der Waals surface area contributed by atoms with Gasteiger partial charge in [-0.05, 0) is 35.8 Å². The first kappa shape index (κ1) is 21.9. The summed E-state index contributed by atoms with van der Waals surface area (Å²) in [7, 11) is -2.24. The van der Waals surface area contributed by atoms with Crippen LogP contribution < -0.4 is 14.8 Å². The third kappa shape index (κ3) is 5.65. The Labute approximate surface area is 179 Å². The average molecular weight is 446 g/mol. The predicted molar refractivity (Wildman–Crippen MR) is 121 cm³/mol. The minimum absolute atomic E-state index is 0.264. The van der Waals surface area contributed by atoms with Crippen LogP contribution in [-0.2, 0) is 14.8 Å². The standard InChI is InChI=1S/C21H23N3O4S2/c1-14(2)19(24-30(26,27)12-11-15-7-5-4-6-8-15)20(25)23-21-22-17-10-9-16(28-3)13-18(17)29-21/h4-14,19,24H,1-3H3,(H,22,23,25)/b12-11+. The van der Waals surface area contributed by atoms with E-state index >= 15 is 0 Å². The lowest BCUT2D eigenvalue weighted by atomic mass is 10.1. The summed E-state index contributed by atoms with van der Waals surface area (Å²) < 4.78 is 33.5. The van der Waals surface area contributed by atoms with Gasteiger partial charge in [-0.1, -0.05) is 55.5 Å². The number of hydrogen-bond acceptors (Lipinski definition) is 6. The van der Waals surface area contributed by atoms with Crippen LogP contribution in [0.25, 0.3) is 16.3 Å². The molecule has 2 aromatic carbocycles. The highest BCUT2D eigenvalue weighted by atomic mass is 32.2. The van der Waals surface area contributed by atoms with E-state index in [2.05, 4.69) is 15.0 Å². The molecule has 1 amide bonds. The Hall–Kier alpha value is -2.75. The van der Waals surface area contributed by atoms with E-state index in [1.165, 1.54) is 17.4 Å². The summed E-state index contributed by atoms with van der Waals surface area (Å²) in [6.45, 7) is 3.55. The van der Waals surface area contributed by atoms with Crippen molar-refractivity contribution in [1.29, 1.82) is 0 Å². The number of anilines is 1. The molecule has 0 aliphatic carbocycles. The number of carbonyl (C=O) groups is 1. The van der Waals surface area contributed by atoms with Crippen LogP contribution in [0.3, 0.4) is 0 Å². The first-order valence-electron chi connectivity index (χ1n) is 9.28. The van der Waals surface area contributed by atoms with Gasteiger partial charge in [0.2, 0.25) is 15.9 Å². The van der Waals surface area contributed by atoms with Crippen LogP contribution in [0.2, 0.25) is 0 Å². The number of amides is 1. The van der Waals surface area contributed by atoms with Crippen molar-refractivity contribution >= 4 is 48.7 Å². The fourth-order valence-electron chi connectivity index (χ4n) is 2.71. The van der Waals surface area contributed by atoms with E-state index in [9.17, 15) is 13.2 Å². The lowest BCUT2D eigenvalue weighted by molar-refractivity contribution is -0.118. The summed E-state index contributed by atoms with van der Waals surface area (Å²) in [6.07, 6.45) is 1.48. The maximum absolute atomic E-state index is 12.8. The third-order valence-electron chi connectivity index (χ3n) is 4.31. The molecule has 1 heterocycles. The van der Waals surface area contributed by atoms with Crippen LogP contribution in [0.15, 0.2) is 53.9 Å². The van der Waals surface area contributed by atoms with Crippen LogP contribution in [0.5, 0.6) is 5.75 Å². The van der Waals surface area contributed by atoms with Crippen LogP contribution in [0.4, 0.5) is 5.13 Å². The number of thiazole rings is 1. The zero-order valence-corrected chi connectivity index (χ0v) is 18.5. The molecule has 30 heavy (non-hydrogen) atoms. The van der Waals surface area contributed by atoms with Gasteiger partial charge >= 0.3 is 0 Å². The Morgan fingerprint density at radius 1 is 1.17 bits per heavy atom. The molecule has 3 rings (SSSR count). The van der Waals surface area contributed by atoms with Crippen molar-refractivity contribution in [2.24, 2.45) is 5.92 Å². The lowest BCUT2D eigenvalue weighted by Crippen LogP contribution is -2.46. The zero-order valence-electron chi connectivity index (χ0n) is 16.8. The van der Waals surface area contributed by atoms with E-state index in [1.807, 2.05) is 24.3 Å². The van der Waals surface area contributed by atoms with Gasteiger partial charge in [0.1, 0.15) is 11.8 Å². The smallest absolute Gasteiger partial charge is 0.244 e. The Morgan fingerprint density at radius 3 is 2.57 bits per heavy atom. The van der Waals surface area contributed by atoms with Crippen molar-refractivity contribution in [3.05, 3.63) is 59.5 Å². The molecular formula is C21H23N3O4S2. The molecule has 9 heteroatoms. The van der Waals surface area contributed by atoms with Gasteiger partial charge < -0.3 is 10.1 Å². The van der Waals surface area contributed by atoms with E-state index in [4.69, 9.17) is 4.74 Å². The molecule has 2 N–H and O–H groups in total. The Balaban J connectivity index is 1.74. The quantitative estimate of drug-likeness (QED) is 0.549. The van der Waals surface area contributed by atoms with Crippen molar-refractivity contribution in [3.8, 4) is 5.75 Å². The molecule has 0 bridgehead atoms. The number of hydrogen-bond donors (Lipinski definition) is 2. The number of nitrogens with zero attached hydrogens (tertiary/aromatic N) is 1. The van der Waals surface area contributed by atoms with Crippen molar-refractivity contribution in [3.63, 3.8) is 0 Å². The molecule has 0 saturated carbocycles. The number of sulfonamides is 1. The molecule has 3 aromatic rings. The SMILES string of the molecule is COc1ccc2nc(NC(=O)C(NS(=O)(=O)/C=C/c3ccccc3)C(C)C)sc2c1. The number of aromatic nitrogens is 1. The molecule has 7 nitrogen and oxygen atoms in total. The predicted octanol–water partition coefficient (Wildman–Crippen LogP) is 3.86. The molecule has 0 radical (unpaired) electrons. The van der Waals surface area contributed by atoms with Gasteiger partial charge in [-0.2, -0.15) is 4.72 Å². The number of methoxy groups -OCH3 is 1. The highest BCUT2D eigenvalue weighted by Gasteiger charge is 2.27. The van der Waals surface area contributed by atoms with E-state index in [0.717, 1.165) is 21.2 Å². The van der Waals surface area contributed by atoms with E-state index in [1.54, 1.807) is 45.2 Å². The van der Waals surface area contributed by atoms with Gasteiger partial charge in [-0.25, -0.2) is 13.4 Å². The first-order valence-corrected chi connectivity index (χ1v) is 11.6. The second kappa shape index (κ2) is 9.38. The molecule has 158 valence electrons. The van der Waals surface area contributed by atoms with Gasteiger partial charge in [0, 0.05) is 5.41 Å². The fraction of sp³-hybridized carbons (Fsp3) is 0.238. The molecule has 0 spiro atoms. The van der Waals surface area contributed by atoms with E-state index in [0.29, 0.717) is 10.9 Å². The van der Waals surface area contributed by atoms with Crippen LogP contribution in [0, 0.1) is 5.92 Å². The molecule has 0 aliphatic rings. The van der Waals surface area contributed by atoms with Gasteiger partial charge in [0.05, 0.1) is 17.3 Å². The van der Waals surface area contributed by atoms with Crippen LogP contribution in [0.1, 0.15) is 19.4 Å². The summed E-state index contributed by atoms with van der Waals surface area (Å²) in [5, 5.41) is 4.18. The summed E-state index contributed by atoms with van der Waals surface area (Å²) >= 11 is 1.30. The van der Waals surface area contributed by atoms with Crippen molar-refractivity contribution < 1.29 is 17.9 Å². The number of carbonyl (C=O) groups excluding carboxylic acids is 1. The second-order valence-electron chi connectivity index (χ2n) is 6.94. The highest BCUT2D eigenvalue weighted by Crippen LogP contribution is 2.29. The molecule has 0 saturated heterocycles. The summed E-state index contributed by atoms with van der Waals surface area (Å²) in [5.41, 5.74) is 1.47. The second-order valence-corrected chi connectivity index (χ2v) is 9.57. The Morgan fingerprint density at radius 2 is 1.90 bits per heavy atom. The van der Waals surface area contributed by atoms with Gasteiger partial charge in [0.15, 0.2) is 5.13 Å². The molecule has 1 atom stereocenters. The van der Waals surface area contributed by atoms with Gasteiger partial charge in [-0.3, -0.25) is 4.79 Å². The summed E-state index contributed by atoms with van der Waals surface area (Å²) in [4.78, 5) is 17.2. The van der Waals surface area contributed by atoms with Gasteiger partial charge in [-0.15, -0.1) is 0 Å². The number of nitrogens with one attached hydrogen (secondary N) is 2. The zero-order chi connectivity index (χ0) is 21.7. The summed E-state index contributed by atoms with van der Waals surface area (Å²) in [6, 6.07) is 13.5. The van der Waals surface area contributed by atoms with Crippen LogP contribution >= 0.6 is 11.3 Å². The molecular weight excluding hydrogens is 422 g/mol. The Bertz CT molecular complexity index is 1160. The molecule has 1 aromatic heterocycles. The minimum Gasteiger partial charge on any atom is -0.497 e. The minimum atomic E-state index is -3.82. The van der Waals surface area contributed by atoms with Crippen molar-refractivity contribution in [2.45, 2.75) is 19.9 Å². The third-order valence-corrected chi connectivity index (χ3v) is 6.32. The Kier molecular flexibility index (Phi) is 6.86. The van der Waals surface area contributed by atoms with E-state index in [-0.39, 0.29) is 5.92 Å². The number of rotatable bonds is 8. The maximum Gasteiger partial charge on any atom is 0.244 e. The monoisotopic (exact) mass is 445 g/mol. The lowest BCUT2D eigenvalue weighted by Gasteiger charge is -2.20. The van der Waals surface area contributed by atoms with Crippen molar-refractivity contribution in [2.75, 3.05) is 12.4 Å². The largest absolute Gasteiger partial charge is 0.497 e. The number of ether oxygens (including phenoxy) is 1. The maximum atomic E-state index is 12.8. The fourth-order valence-corrected chi connectivity index (χ4v) is 4.75. The van der Waals surface area contributed by atoms with Crippen LogP contribution in [-0.4, -0.2) is 32.5 Å². The number of benzene rings is 2. The average Bonchev–Trinajstić information content (AvgIpc) is 3.12. The number of fused-ring (bicyclic) bond motifs is 1. The summed E-state index contributed by atoms with van der Waals surface area (Å²) in [5.74, 6) is -0.0332. The van der Waals surface area contributed by atoms with Crippen molar-refractivity contribution in [1.82, 2.24) is 9.71 Å². The molecule has 0 fully saturated rings.